The molecule has 1 aliphatic rings. The Morgan fingerprint density at radius 1 is 0.763 bits per heavy atom. The van der Waals surface area contributed by atoms with E-state index in [2.05, 4.69) is 33.2 Å². The van der Waals surface area contributed by atoms with Gasteiger partial charge in [0.2, 0.25) is 17.7 Å². The van der Waals surface area contributed by atoms with Crippen molar-refractivity contribution in [3.63, 3.8) is 0 Å². The SMILES string of the molecule is C=CCC(NC(=O)CC(NC(=O)OC(C)(C)C)c1ccccc1)C(=O)NC(CCCCNC(=O)OC(C)(C)C)C(=O)N1CCC(NC(=O)OC(C)(C)C)(C(=O)OC)CC1. The molecule has 1 heterocycles. The molecule has 1 fully saturated rings. The van der Waals surface area contributed by atoms with Crippen molar-refractivity contribution in [3.8, 4) is 0 Å². The number of likely N-dealkylation sites (tertiary alicyclic amines) is 1. The van der Waals surface area contributed by atoms with Crippen LogP contribution in [0, 0.1) is 0 Å². The lowest BCUT2D eigenvalue weighted by Gasteiger charge is -2.41. The average Bonchev–Trinajstić information content (AvgIpc) is 3.11. The maximum atomic E-state index is 14.2. The van der Waals surface area contributed by atoms with Gasteiger partial charge in [0.05, 0.1) is 19.6 Å². The van der Waals surface area contributed by atoms with Gasteiger partial charge >= 0.3 is 24.2 Å². The van der Waals surface area contributed by atoms with Crippen LogP contribution in [0.4, 0.5) is 14.4 Å². The van der Waals surface area contributed by atoms with Crippen LogP contribution in [0.1, 0.15) is 119 Å². The number of carbonyl (C=O) groups is 7. The second-order valence-electron chi connectivity index (χ2n) is 17.5. The van der Waals surface area contributed by atoms with Crippen LogP contribution in [-0.2, 0) is 38.1 Å². The van der Waals surface area contributed by atoms with E-state index in [0.717, 1.165) is 0 Å². The summed E-state index contributed by atoms with van der Waals surface area (Å²) in [5.74, 6) is -2.33. The van der Waals surface area contributed by atoms with E-state index in [4.69, 9.17) is 18.9 Å². The predicted octanol–water partition coefficient (Wildman–Crippen LogP) is 4.94. The van der Waals surface area contributed by atoms with Crippen LogP contribution < -0.4 is 26.6 Å². The van der Waals surface area contributed by atoms with Crippen molar-refractivity contribution in [2.75, 3.05) is 26.7 Å². The minimum atomic E-state index is -1.45. The van der Waals surface area contributed by atoms with E-state index in [0.29, 0.717) is 18.4 Å². The molecule has 3 unspecified atom stereocenters. The molecule has 1 aromatic carbocycles. The second kappa shape index (κ2) is 22.1. The van der Waals surface area contributed by atoms with E-state index in [9.17, 15) is 33.6 Å². The first-order valence-corrected chi connectivity index (χ1v) is 20.0. The highest BCUT2D eigenvalue weighted by Crippen LogP contribution is 2.26. The molecule has 0 radical (unpaired) electrons. The van der Waals surface area contributed by atoms with E-state index in [1.54, 1.807) is 92.6 Å². The molecule has 330 valence electrons. The van der Waals surface area contributed by atoms with Crippen molar-refractivity contribution < 1.29 is 52.5 Å². The first kappa shape index (κ1) is 49.8. The highest BCUT2D eigenvalue weighted by molar-refractivity contribution is 5.93. The fourth-order valence-corrected chi connectivity index (χ4v) is 6.14. The first-order chi connectivity index (χ1) is 27.4. The lowest BCUT2D eigenvalue weighted by Crippen LogP contribution is -2.63. The fraction of sp³-hybridized carbons (Fsp3) is 0.643. The van der Waals surface area contributed by atoms with Gasteiger partial charge in [-0.2, -0.15) is 0 Å². The number of rotatable bonds is 17. The molecule has 6 amide bonds. The smallest absolute Gasteiger partial charge is 0.408 e. The zero-order chi connectivity index (χ0) is 44.6. The molecule has 59 heavy (non-hydrogen) atoms. The number of unbranched alkanes of at least 4 members (excludes halogenated alkanes) is 1. The van der Waals surface area contributed by atoms with Gasteiger partial charge in [-0.3, -0.25) is 14.4 Å². The zero-order valence-electron chi connectivity index (χ0n) is 36.4. The van der Waals surface area contributed by atoms with E-state index in [1.165, 1.54) is 18.1 Å². The molecule has 5 N–H and O–H groups in total. The number of ether oxygens (including phenoxy) is 4. The largest absolute Gasteiger partial charge is 0.467 e. The molecule has 0 bridgehead atoms. The third-order valence-corrected chi connectivity index (χ3v) is 8.78. The molecule has 17 nitrogen and oxygen atoms in total. The monoisotopic (exact) mass is 830 g/mol. The van der Waals surface area contributed by atoms with E-state index in [1.807, 2.05) is 0 Å². The topological polar surface area (TPSA) is 220 Å². The lowest BCUT2D eigenvalue weighted by atomic mass is 9.87. The Balaban J connectivity index is 2.26. The van der Waals surface area contributed by atoms with Gasteiger partial charge in [-0.25, -0.2) is 19.2 Å². The summed E-state index contributed by atoms with van der Waals surface area (Å²) >= 11 is 0. The van der Waals surface area contributed by atoms with Crippen LogP contribution in [0.25, 0.3) is 0 Å². The standard InChI is InChI=1S/C42H66N6O11/c1-12-18-29(44-32(49)27-31(28-19-14-13-15-20-28)46-37(54)58-40(5,6)7)33(50)45-30(21-16-17-24-43-36(53)57-39(2,3)4)34(51)48-25-22-42(23-26-48,35(52)56-11)47-38(55)59-41(8,9)10/h12-15,19-20,29-31H,1,16-18,21-27H2,2-11H3,(H,43,53)(H,44,49)(H,45,50)(H,46,54)(H,47,55). The molecule has 0 saturated carbocycles. The summed E-state index contributed by atoms with van der Waals surface area (Å²) in [7, 11) is 1.21. The number of methoxy groups -OCH3 is 1. The van der Waals surface area contributed by atoms with Crippen LogP contribution in [0.5, 0.6) is 0 Å². The first-order valence-electron chi connectivity index (χ1n) is 20.0. The van der Waals surface area contributed by atoms with Gasteiger partial charge in [-0.1, -0.05) is 36.4 Å². The van der Waals surface area contributed by atoms with Gasteiger partial charge in [0.1, 0.15) is 34.4 Å². The number of esters is 1. The minimum absolute atomic E-state index is 0.0141. The number of hydrogen-bond donors (Lipinski definition) is 5. The van der Waals surface area contributed by atoms with Gasteiger partial charge in [-0.15, -0.1) is 6.58 Å². The van der Waals surface area contributed by atoms with Crippen molar-refractivity contribution in [2.24, 2.45) is 0 Å². The molecular formula is C42H66N6O11. The molecular weight excluding hydrogens is 764 g/mol. The Morgan fingerprint density at radius 3 is 1.86 bits per heavy atom. The fourth-order valence-electron chi connectivity index (χ4n) is 6.14. The second-order valence-corrected chi connectivity index (χ2v) is 17.5. The van der Waals surface area contributed by atoms with Crippen LogP contribution in [0.2, 0.25) is 0 Å². The number of carbonyl (C=O) groups excluding carboxylic acids is 7. The van der Waals surface area contributed by atoms with E-state index < -0.39 is 82.4 Å². The third kappa shape index (κ3) is 18.4. The van der Waals surface area contributed by atoms with E-state index in [-0.39, 0.29) is 51.7 Å². The molecule has 0 aromatic heterocycles. The average molecular weight is 831 g/mol. The minimum Gasteiger partial charge on any atom is -0.467 e. The number of piperidine rings is 1. The lowest BCUT2D eigenvalue weighted by molar-refractivity contribution is -0.153. The van der Waals surface area contributed by atoms with Crippen molar-refractivity contribution in [3.05, 3.63) is 48.6 Å². The Kier molecular flexibility index (Phi) is 18.7. The summed E-state index contributed by atoms with van der Waals surface area (Å²) in [6.45, 7) is 19.5. The van der Waals surface area contributed by atoms with E-state index >= 15 is 0 Å². The summed E-state index contributed by atoms with van der Waals surface area (Å²) in [4.78, 5) is 93.7. The normalized spacial score (nSPS) is 15.5. The van der Waals surface area contributed by atoms with Crippen LogP contribution in [-0.4, -0.2) is 108 Å². The van der Waals surface area contributed by atoms with Gasteiger partial charge < -0.3 is 50.4 Å². The number of benzene rings is 1. The Morgan fingerprint density at radius 2 is 1.32 bits per heavy atom. The molecule has 1 aromatic rings. The maximum Gasteiger partial charge on any atom is 0.408 e. The van der Waals surface area contributed by atoms with Gasteiger partial charge in [0.15, 0.2) is 0 Å². The quantitative estimate of drug-likeness (QED) is 0.0613. The van der Waals surface area contributed by atoms with Gasteiger partial charge in [-0.05, 0) is 106 Å². The molecule has 2 rings (SSSR count). The van der Waals surface area contributed by atoms with Crippen LogP contribution >= 0.6 is 0 Å². The molecule has 1 saturated heterocycles. The number of hydrogen-bond acceptors (Lipinski definition) is 11. The highest BCUT2D eigenvalue weighted by atomic mass is 16.6. The zero-order valence-corrected chi connectivity index (χ0v) is 36.4. The summed E-state index contributed by atoms with van der Waals surface area (Å²) in [5, 5.41) is 13.6. The Hall–Kier alpha value is -5.35. The Bertz CT molecular complexity index is 1610. The molecule has 3 atom stereocenters. The molecule has 0 aliphatic carbocycles. The van der Waals surface area contributed by atoms with Crippen LogP contribution in [0.15, 0.2) is 43.0 Å². The Labute approximate surface area is 348 Å². The summed E-state index contributed by atoms with van der Waals surface area (Å²) < 4.78 is 21.1. The van der Waals surface area contributed by atoms with Crippen molar-refractivity contribution >= 4 is 42.0 Å². The van der Waals surface area contributed by atoms with Crippen molar-refractivity contribution in [2.45, 2.75) is 148 Å². The van der Waals surface area contributed by atoms with Crippen LogP contribution in [0.3, 0.4) is 0 Å². The predicted molar refractivity (Wildman–Crippen MR) is 220 cm³/mol. The number of nitrogens with zero attached hydrogens (tertiary/aromatic N) is 1. The maximum absolute atomic E-state index is 14.2. The third-order valence-electron chi connectivity index (χ3n) is 8.78. The molecule has 17 heteroatoms. The highest BCUT2D eigenvalue weighted by Gasteiger charge is 2.46. The summed E-state index contributed by atoms with van der Waals surface area (Å²) in [5.41, 5.74) is -3.09. The van der Waals surface area contributed by atoms with Crippen molar-refractivity contribution in [1.29, 1.82) is 0 Å². The molecule has 0 spiro atoms. The molecule has 1 aliphatic heterocycles. The number of nitrogens with one attached hydrogen (secondary N) is 5. The van der Waals surface area contributed by atoms with Crippen molar-refractivity contribution in [1.82, 2.24) is 31.5 Å². The number of alkyl carbamates (subject to hydrolysis) is 3. The van der Waals surface area contributed by atoms with Gasteiger partial charge in [0.25, 0.3) is 0 Å². The summed E-state index contributed by atoms with van der Waals surface area (Å²) in [6, 6.07) is 5.86. The summed E-state index contributed by atoms with van der Waals surface area (Å²) in [6.07, 6.45) is 0.192. The van der Waals surface area contributed by atoms with Gasteiger partial charge in [0, 0.05) is 19.6 Å². The number of amides is 6.